The summed E-state index contributed by atoms with van der Waals surface area (Å²) >= 11 is 0. The van der Waals surface area contributed by atoms with Gasteiger partial charge in [-0.3, -0.25) is 19.2 Å². The van der Waals surface area contributed by atoms with E-state index in [9.17, 15) is 24.3 Å². The van der Waals surface area contributed by atoms with E-state index in [1.165, 1.54) is 38.3 Å². The third kappa shape index (κ3) is 6.98. The molecule has 0 aromatic heterocycles. The van der Waals surface area contributed by atoms with Crippen LogP contribution >= 0.6 is 0 Å². The number of benzene rings is 2. The van der Waals surface area contributed by atoms with E-state index in [1.807, 2.05) is 6.92 Å². The molecule has 2 aromatic carbocycles. The van der Waals surface area contributed by atoms with Gasteiger partial charge in [-0.1, -0.05) is 30.4 Å². The average molecular weight is 466 g/mol. The van der Waals surface area contributed by atoms with Crippen LogP contribution in [0, 0.1) is 12.8 Å². The molecule has 0 radical (unpaired) electrons. The van der Waals surface area contributed by atoms with E-state index in [1.54, 1.807) is 24.3 Å². The predicted octanol–water partition coefficient (Wildman–Crippen LogP) is 3.08. The van der Waals surface area contributed by atoms with Crippen LogP contribution in [0.4, 0.5) is 0 Å². The number of aryl methyl sites for hydroxylation is 1. The molecule has 0 aliphatic rings. The van der Waals surface area contributed by atoms with Crippen LogP contribution in [0.2, 0.25) is 0 Å². The molecule has 0 saturated heterocycles. The zero-order chi connectivity index (χ0) is 25.3. The summed E-state index contributed by atoms with van der Waals surface area (Å²) in [5.74, 6) is -4.17. The summed E-state index contributed by atoms with van der Waals surface area (Å²) in [7, 11) is 2.49. The largest absolute Gasteiger partial charge is 0.493 e. The Morgan fingerprint density at radius 1 is 0.912 bits per heavy atom. The molecule has 0 heterocycles. The number of hydrogen-bond donors (Lipinski definition) is 1. The number of ether oxygens (including phenoxy) is 3. The number of aliphatic hydroxyl groups excluding tert-OH is 1. The molecule has 0 aliphatic carbocycles. The fourth-order valence-electron chi connectivity index (χ4n) is 3.03. The summed E-state index contributed by atoms with van der Waals surface area (Å²) in [5.41, 5.74) is 2.75. The van der Waals surface area contributed by atoms with Crippen molar-refractivity contribution in [3.8, 4) is 11.5 Å². The standard InChI is InChI=1S/C26H26O8/c1-16-5-6-18(13-20(16)15-27)7-10-21(29)25(26(31)33-4)22(30)11-8-19-9-12-23(34-17(2)28)24(14-19)32-3/h5-14,25,27H,15H2,1-4H3/b10-7+,11-8+. The summed E-state index contributed by atoms with van der Waals surface area (Å²) < 4.78 is 14.9. The van der Waals surface area contributed by atoms with Crippen molar-refractivity contribution in [1.82, 2.24) is 0 Å². The monoisotopic (exact) mass is 466 g/mol. The van der Waals surface area contributed by atoms with Gasteiger partial charge in [0.2, 0.25) is 0 Å². The molecular weight excluding hydrogens is 440 g/mol. The van der Waals surface area contributed by atoms with Crippen molar-refractivity contribution in [2.75, 3.05) is 14.2 Å². The summed E-state index contributed by atoms with van der Waals surface area (Å²) in [6, 6.07) is 9.87. The van der Waals surface area contributed by atoms with Crippen molar-refractivity contribution in [3.05, 3.63) is 70.8 Å². The average Bonchev–Trinajstić information content (AvgIpc) is 2.82. The highest BCUT2D eigenvalue weighted by atomic mass is 16.6. The second-order valence-electron chi connectivity index (χ2n) is 7.28. The predicted molar refractivity (Wildman–Crippen MR) is 125 cm³/mol. The minimum atomic E-state index is -1.66. The molecule has 2 rings (SSSR count). The molecule has 0 saturated carbocycles. The lowest BCUT2D eigenvalue weighted by Gasteiger charge is -2.09. The summed E-state index contributed by atoms with van der Waals surface area (Å²) in [5, 5.41) is 9.39. The fraction of sp³-hybridized carbons (Fsp3) is 0.231. The normalized spacial score (nSPS) is 11.9. The van der Waals surface area contributed by atoms with Crippen LogP contribution in [-0.2, 0) is 30.5 Å². The fourth-order valence-corrected chi connectivity index (χ4v) is 3.03. The molecule has 0 bridgehead atoms. The SMILES string of the molecule is COC(=O)C(C(=O)/C=C/c1ccc(C)c(CO)c1)C(=O)/C=C/c1ccc(OC(C)=O)c(OC)c1. The van der Waals surface area contributed by atoms with Crippen molar-refractivity contribution < 1.29 is 38.5 Å². The lowest BCUT2D eigenvalue weighted by Crippen LogP contribution is -2.30. The second kappa shape index (κ2) is 12.3. The summed E-state index contributed by atoms with van der Waals surface area (Å²) in [6.45, 7) is 2.96. The smallest absolute Gasteiger partial charge is 0.324 e. The Balaban J connectivity index is 2.23. The minimum Gasteiger partial charge on any atom is -0.493 e. The van der Waals surface area contributed by atoms with Crippen LogP contribution in [0.3, 0.4) is 0 Å². The number of ketones is 2. The minimum absolute atomic E-state index is 0.151. The first kappa shape index (κ1) is 26.2. The first-order chi connectivity index (χ1) is 16.2. The van der Waals surface area contributed by atoms with E-state index in [0.717, 1.165) is 24.8 Å². The molecule has 1 atom stereocenters. The van der Waals surface area contributed by atoms with Crippen molar-refractivity contribution in [1.29, 1.82) is 0 Å². The van der Waals surface area contributed by atoms with Crippen molar-refractivity contribution in [2.24, 2.45) is 5.92 Å². The van der Waals surface area contributed by atoms with Gasteiger partial charge in [0.05, 0.1) is 20.8 Å². The molecule has 1 N–H and O–H groups in total. The molecule has 8 heteroatoms. The third-order valence-corrected chi connectivity index (χ3v) is 4.87. The van der Waals surface area contributed by atoms with Gasteiger partial charge in [-0.25, -0.2) is 0 Å². The highest BCUT2D eigenvalue weighted by Crippen LogP contribution is 2.28. The highest BCUT2D eigenvalue weighted by molar-refractivity contribution is 6.24. The van der Waals surface area contributed by atoms with Crippen LogP contribution in [0.5, 0.6) is 11.5 Å². The maximum atomic E-state index is 12.7. The van der Waals surface area contributed by atoms with Crippen molar-refractivity contribution in [2.45, 2.75) is 20.5 Å². The number of allylic oxidation sites excluding steroid dienone is 2. The van der Waals surface area contributed by atoms with E-state index >= 15 is 0 Å². The van der Waals surface area contributed by atoms with Crippen LogP contribution in [0.25, 0.3) is 12.2 Å². The van der Waals surface area contributed by atoms with Gasteiger partial charge >= 0.3 is 11.9 Å². The number of carbonyl (C=O) groups is 4. The van der Waals surface area contributed by atoms with Crippen LogP contribution in [-0.4, -0.2) is 42.8 Å². The zero-order valence-electron chi connectivity index (χ0n) is 19.4. The maximum Gasteiger partial charge on any atom is 0.324 e. The van der Waals surface area contributed by atoms with Gasteiger partial charge in [0.25, 0.3) is 0 Å². The lowest BCUT2D eigenvalue weighted by molar-refractivity contribution is -0.150. The molecule has 178 valence electrons. The van der Waals surface area contributed by atoms with Crippen LogP contribution < -0.4 is 9.47 Å². The number of aliphatic hydroxyl groups is 1. The molecule has 34 heavy (non-hydrogen) atoms. The van der Waals surface area contributed by atoms with E-state index < -0.39 is 29.4 Å². The first-order valence-corrected chi connectivity index (χ1v) is 10.3. The second-order valence-corrected chi connectivity index (χ2v) is 7.28. The quantitative estimate of drug-likeness (QED) is 0.246. The molecule has 0 fully saturated rings. The Kier molecular flexibility index (Phi) is 9.46. The Labute approximate surface area is 197 Å². The highest BCUT2D eigenvalue weighted by Gasteiger charge is 2.31. The number of hydrogen-bond acceptors (Lipinski definition) is 8. The van der Waals surface area contributed by atoms with Crippen molar-refractivity contribution in [3.63, 3.8) is 0 Å². The van der Waals surface area contributed by atoms with Gasteiger partial charge in [-0.15, -0.1) is 0 Å². The molecule has 0 amide bonds. The maximum absolute atomic E-state index is 12.7. The third-order valence-electron chi connectivity index (χ3n) is 4.87. The summed E-state index contributed by atoms with van der Waals surface area (Å²) in [4.78, 5) is 48.7. The Morgan fingerprint density at radius 2 is 1.50 bits per heavy atom. The number of esters is 2. The number of rotatable bonds is 10. The van der Waals surface area contributed by atoms with Crippen LogP contribution in [0.15, 0.2) is 48.6 Å². The van der Waals surface area contributed by atoms with Gasteiger partial charge in [-0.05, 0) is 59.5 Å². The number of methoxy groups -OCH3 is 2. The van der Waals surface area contributed by atoms with Crippen molar-refractivity contribution >= 4 is 35.7 Å². The van der Waals surface area contributed by atoms with E-state index in [2.05, 4.69) is 4.74 Å². The van der Waals surface area contributed by atoms with E-state index in [4.69, 9.17) is 9.47 Å². The number of carbonyl (C=O) groups excluding carboxylic acids is 4. The van der Waals surface area contributed by atoms with Gasteiger partial charge in [-0.2, -0.15) is 0 Å². The van der Waals surface area contributed by atoms with Gasteiger partial charge in [0.1, 0.15) is 0 Å². The van der Waals surface area contributed by atoms with E-state index in [-0.39, 0.29) is 18.1 Å². The van der Waals surface area contributed by atoms with Gasteiger partial charge < -0.3 is 19.3 Å². The van der Waals surface area contributed by atoms with Crippen LogP contribution in [0.1, 0.15) is 29.2 Å². The Bertz CT molecular complexity index is 1140. The molecule has 1 unspecified atom stereocenters. The first-order valence-electron chi connectivity index (χ1n) is 10.3. The Morgan fingerprint density at radius 3 is 2.03 bits per heavy atom. The topological polar surface area (TPSA) is 116 Å². The zero-order valence-corrected chi connectivity index (χ0v) is 19.4. The lowest BCUT2D eigenvalue weighted by atomic mass is 9.96. The van der Waals surface area contributed by atoms with Gasteiger partial charge in [0.15, 0.2) is 29.0 Å². The van der Waals surface area contributed by atoms with E-state index in [0.29, 0.717) is 16.7 Å². The summed E-state index contributed by atoms with van der Waals surface area (Å²) in [6.07, 6.45) is 5.11. The molecular formula is C26H26O8. The molecule has 2 aromatic rings. The van der Waals surface area contributed by atoms with Gasteiger partial charge in [0, 0.05) is 6.92 Å². The molecule has 8 nitrogen and oxygen atoms in total. The molecule has 0 aliphatic heterocycles. The Hall–Kier alpha value is -4.04. The molecule has 0 spiro atoms.